The lowest BCUT2D eigenvalue weighted by atomic mass is 10.0. The molecule has 1 rings (SSSR count). The summed E-state index contributed by atoms with van der Waals surface area (Å²) in [5.74, 6) is -0.0687. The van der Waals surface area contributed by atoms with E-state index in [1.54, 1.807) is 25.1 Å². The Labute approximate surface area is 144 Å². The summed E-state index contributed by atoms with van der Waals surface area (Å²) in [5.41, 5.74) is 1.24. The highest BCUT2D eigenvalue weighted by Gasteiger charge is 2.21. The fraction of sp³-hybridized carbons (Fsp3) is 0.562. The highest BCUT2D eigenvalue weighted by molar-refractivity contribution is 7.92. The summed E-state index contributed by atoms with van der Waals surface area (Å²) >= 11 is 6.08. The molecule has 1 amide bonds. The van der Waals surface area contributed by atoms with E-state index >= 15 is 0 Å². The Bertz CT molecular complexity index is 643. The van der Waals surface area contributed by atoms with Gasteiger partial charge in [0, 0.05) is 17.5 Å². The largest absolute Gasteiger partial charge is 0.354 e. The predicted octanol–water partition coefficient (Wildman–Crippen LogP) is 2.97. The Morgan fingerprint density at radius 2 is 1.91 bits per heavy atom. The molecule has 1 aromatic carbocycles. The van der Waals surface area contributed by atoms with Crippen LogP contribution in [0.2, 0.25) is 5.02 Å². The summed E-state index contributed by atoms with van der Waals surface area (Å²) in [7, 11) is -3.46. The van der Waals surface area contributed by atoms with Crippen LogP contribution in [-0.4, -0.2) is 33.7 Å². The van der Waals surface area contributed by atoms with Gasteiger partial charge in [-0.3, -0.25) is 9.10 Å². The van der Waals surface area contributed by atoms with Crippen molar-refractivity contribution in [1.29, 1.82) is 0 Å². The first-order valence-electron chi connectivity index (χ1n) is 7.72. The molecule has 0 bridgehead atoms. The van der Waals surface area contributed by atoms with Crippen molar-refractivity contribution in [2.75, 3.05) is 23.7 Å². The van der Waals surface area contributed by atoms with Crippen molar-refractivity contribution < 1.29 is 13.2 Å². The fourth-order valence-corrected chi connectivity index (χ4v) is 3.56. The van der Waals surface area contributed by atoms with Crippen molar-refractivity contribution in [3.63, 3.8) is 0 Å². The van der Waals surface area contributed by atoms with E-state index in [9.17, 15) is 13.2 Å². The molecule has 0 aromatic heterocycles. The summed E-state index contributed by atoms with van der Waals surface area (Å²) in [6.07, 6.45) is 2.69. The molecule has 0 saturated carbocycles. The zero-order valence-corrected chi connectivity index (χ0v) is 15.7. The standard InChI is InChI=1S/C16H25ClN2O3S/c1-5-13(6-2)16(20)18-10-11-19(23(4,21)22)15-9-7-8-14(17)12(15)3/h7-9,13H,5-6,10-11H2,1-4H3,(H,18,20). The van der Waals surface area contributed by atoms with E-state index in [0.717, 1.165) is 19.1 Å². The van der Waals surface area contributed by atoms with Crippen molar-refractivity contribution in [2.24, 2.45) is 5.92 Å². The van der Waals surface area contributed by atoms with Gasteiger partial charge < -0.3 is 5.32 Å². The SMILES string of the molecule is CCC(CC)C(=O)NCCN(c1cccc(Cl)c1C)S(C)(=O)=O. The van der Waals surface area contributed by atoms with Crippen LogP contribution in [0.15, 0.2) is 18.2 Å². The average Bonchev–Trinajstić information content (AvgIpc) is 2.47. The molecule has 5 nitrogen and oxygen atoms in total. The molecule has 0 spiro atoms. The molecule has 23 heavy (non-hydrogen) atoms. The number of hydrogen-bond donors (Lipinski definition) is 1. The molecular weight excluding hydrogens is 336 g/mol. The molecule has 0 radical (unpaired) electrons. The van der Waals surface area contributed by atoms with Gasteiger partial charge in [-0.15, -0.1) is 0 Å². The summed E-state index contributed by atoms with van der Waals surface area (Å²) < 4.78 is 25.5. The fourth-order valence-electron chi connectivity index (χ4n) is 2.42. The Morgan fingerprint density at radius 3 is 2.43 bits per heavy atom. The minimum absolute atomic E-state index is 0.0328. The number of carbonyl (C=O) groups is 1. The van der Waals surface area contributed by atoms with Crippen molar-refractivity contribution in [1.82, 2.24) is 5.32 Å². The van der Waals surface area contributed by atoms with E-state index < -0.39 is 10.0 Å². The van der Waals surface area contributed by atoms with Gasteiger partial charge in [0.05, 0.1) is 18.5 Å². The van der Waals surface area contributed by atoms with Gasteiger partial charge in [0.15, 0.2) is 0 Å². The molecule has 7 heteroatoms. The Balaban J connectivity index is 2.87. The monoisotopic (exact) mass is 360 g/mol. The van der Waals surface area contributed by atoms with E-state index in [1.807, 2.05) is 13.8 Å². The zero-order chi connectivity index (χ0) is 17.6. The van der Waals surface area contributed by atoms with Crippen LogP contribution in [-0.2, 0) is 14.8 Å². The third-order valence-electron chi connectivity index (χ3n) is 3.88. The van der Waals surface area contributed by atoms with E-state index in [2.05, 4.69) is 5.32 Å². The van der Waals surface area contributed by atoms with Gasteiger partial charge >= 0.3 is 0 Å². The number of nitrogens with one attached hydrogen (secondary N) is 1. The first-order chi connectivity index (χ1) is 10.7. The Hall–Kier alpha value is -1.27. The quantitative estimate of drug-likeness (QED) is 0.775. The second-order valence-electron chi connectivity index (χ2n) is 5.52. The maximum atomic E-state index is 12.1. The molecule has 0 unspecified atom stereocenters. The number of nitrogens with zero attached hydrogens (tertiary/aromatic N) is 1. The second-order valence-corrected chi connectivity index (χ2v) is 7.84. The minimum Gasteiger partial charge on any atom is -0.354 e. The van der Waals surface area contributed by atoms with Crippen LogP contribution in [0, 0.1) is 12.8 Å². The zero-order valence-electron chi connectivity index (χ0n) is 14.1. The van der Waals surface area contributed by atoms with Crippen molar-refractivity contribution in [2.45, 2.75) is 33.6 Å². The third-order valence-corrected chi connectivity index (χ3v) is 5.47. The molecular formula is C16H25ClN2O3S. The molecule has 130 valence electrons. The maximum Gasteiger partial charge on any atom is 0.232 e. The van der Waals surface area contributed by atoms with Crippen LogP contribution in [0.1, 0.15) is 32.3 Å². The van der Waals surface area contributed by atoms with Crippen molar-refractivity contribution >= 4 is 33.2 Å². The van der Waals surface area contributed by atoms with Crippen LogP contribution < -0.4 is 9.62 Å². The molecule has 0 fully saturated rings. The third kappa shape index (κ3) is 5.39. The topological polar surface area (TPSA) is 66.5 Å². The lowest BCUT2D eigenvalue weighted by Crippen LogP contribution is -2.40. The number of benzene rings is 1. The summed E-state index contributed by atoms with van der Waals surface area (Å²) in [6, 6.07) is 5.15. The number of hydrogen-bond acceptors (Lipinski definition) is 3. The van der Waals surface area contributed by atoms with Gasteiger partial charge in [-0.25, -0.2) is 8.42 Å². The van der Waals surface area contributed by atoms with Gasteiger partial charge in [-0.1, -0.05) is 31.5 Å². The lowest BCUT2D eigenvalue weighted by molar-refractivity contribution is -0.125. The number of halogens is 1. The summed E-state index contributed by atoms with van der Waals surface area (Å²) in [6.45, 7) is 6.14. The van der Waals surface area contributed by atoms with Crippen LogP contribution in [0.25, 0.3) is 0 Å². The molecule has 0 atom stereocenters. The first-order valence-corrected chi connectivity index (χ1v) is 9.95. The highest BCUT2D eigenvalue weighted by Crippen LogP contribution is 2.27. The van der Waals surface area contributed by atoms with E-state index in [0.29, 0.717) is 16.3 Å². The molecule has 0 saturated heterocycles. The van der Waals surface area contributed by atoms with E-state index in [4.69, 9.17) is 11.6 Å². The van der Waals surface area contributed by atoms with Gasteiger partial charge in [-0.05, 0) is 37.5 Å². The predicted molar refractivity (Wildman–Crippen MR) is 95.5 cm³/mol. The van der Waals surface area contributed by atoms with E-state index in [-0.39, 0.29) is 24.9 Å². The molecule has 0 aliphatic heterocycles. The number of carbonyl (C=O) groups excluding carboxylic acids is 1. The van der Waals surface area contributed by atoms with Crippen molar-refractivity contribution in [3.8, 4) is 0 Å². The average molecular weight is 361 g/mol. The number of anilines is 1. The van der Waals surface area contributed by atoms with Crippen LogP contribution in [0.5, 0.6) is 0 Å². The molecule has 0 aliphatic carbocycles. The second kappa shape index (κ2) is 8.55. The van der Waals surface area contributed by atoms with Gasteiger partial charge in [0.25, 0.3) is 0 Å². The Kier molecular flexibility index (Phi) is 7.35. The minimum atomic E-state index is -3.46. The van der Waals surface area contributed by atoms with E-state index in [1.165, 1.54) is 4.31 Å². The van der Waals surface area contributed by atoms with Gasteiger partial charge in [0.2, 0.25) is 15.9 Å². The van der Waals surface area contributed by atoms with Gasteiger partial charge in [-0.2, -0.15) is 0 Å². The van der Waals surface area contributed by atoms with Gasteiger partial charge in [0.1, 0.15) is 0 Å². The van der Waals surface area contributed by atoms with Crippen LogP contribution in [0.4, 0.5) is 5.69 Å². The molecule has 1 aromatic rings. The van der Waals surface area contributed by atoms with Crippen LogP contribution in [0.3, 0.4) is 0 Å². The Morgan fingerprint density at radius 1 is 1.30 bits per heavy atom. The normalized spacial score (nSPS) is 11.6. The molecule has 0 aliphatic rings. The summed E-state index contributed by atoms with van der Waals surface area (Å²) in [5, 5.41) is 3.32. The molecule has 0 heterocycles. The lowest BCUT2D eigenvalue weighted by Gasteiger charge is -2.25. The smallest absolute Gasteiger partial charge is 0.232 e. The van der Waals surface area contributed by atoms with Crippen molar-refractivity contribution in [3.05, 3.63) is 28.8 Å². The summed E-state index contributed by atoms with van der Waals surface area (Å²) in [4.78, 5) is 12.0. The highest BCUT2D eigenvalue weighted by atomic mass is 35.5. The number of amides is 1. The number of rotatable bonds is 8. The maximum absolute atomic E-state index is 12.1. The molecule has 1 N–H and O–H groups in total. The first kappa shape index (κ1) is 19.8. The van der Waals surface area contributed by atoms with Crippen LogP contribution >= 0.6 is 11.6 Å². The number of sulfonamides is 1.